The van der Waals surface area contributed by atoms with Gasteiger partial charge in [0, 0.05) is 25.7 Å². The molecule has 1 saturated carbocycles. The van der Waals surface area contributed by atoms with Crippen LogP contribution in [0.5, 0.6) is 5.75 Å². The van der Waals surface area contributed by atoms with Crippen molar-refractivity contribution in [1.29, 1.82) is 0 Å². The second kappa shape index (κ2) is 7.88. The Bertz CT molecular complexity index is 559. The number of ether oxygens (including phenoxy) is 1. The van der Waals surface area contributed by atoms with E-state index in [4.69, 9.17) is 4.74 Å². The average Bonchev–Trinajstić information content (AvgIpc) is 3.46. The van der Waals surface area contributed by atoms with E-state index in [1.54, 1.807) is 7.11 Å². The molecule has 2 atom stereocenters. The maximum atomic E-state index is 12.6. The smallest absolute Gasteiger partial charge is 0.317 e. The highest BCUT2D eigenvalue weighted by Crippen LogP contribution is 2.34. The van der Waals surface area contributed by atoms with Crippen molar-refractivity contribution in [1.82, 2.24) is 10.2 Å². The number of rotatable bonds is 6. The topological polar surface area (TPSA) is 61.8 Å². The largest absolute Gasteiger partial charge is 0.497 e. The first-order chi connectivity index (χ1) is 11.7. The van der Waals surface area contributed by atoms with Crippen molar-refractivity contribution in [2.24, 2.45) is 11.8 Å². The van der Waals surface area contributed by atoms with E-state index in [0.29, 0.717) is 12.5 Å². The number of piperidine rings is 1. The molecule has 1 aromatic rings. The summed E-state index contributed by atoms with van der Waals surface area (Å²) < 4.78 is 5.29. The number of benzene rings is 1. The molecule has 1 aliphatic heterocycles. The Morgan fingerprint density at radius 1 is 1.42 bits per heavy atom. The normalized spacial score (nSPS) is 22.1. The third-order valence-corrected chi connectivity index (χ3v) is 5.15. The van der Waals surface area contributed by atoms with Crippen molar-refractivity contribution >= 4 is 6.03 Å². The predicted molar refractivity (Wildman–Crippen MR) is 93.1 cm³/mol. The summed E-state index contributed by atoms with van der Waals surface area (Å²) in [7, 11) is 1.67. The number of carbonyl (C=O) groups excluding carboxylic acids is 1. The molecule has 24 heavy (non-hydrogen) atoms. The molecule has 1 saturated heterocycles. The summed E-state index contributed by atoms with van der Waals surface area (Å²) >= 11 is 0. The zero-order valence-electron chi connectivity index (χ0n) is 14.4. The van der Waals surface area contributed by atoms with Gasteiger partial charge in [-0.05, 0) is 61.6 Å². The summed E-state index contributed by atoms with van der Waals surface area (Å²) in [5.74, 6) is 1.66. The van der Waals surface area contributed by atoms with Gasteiger partial charge in [-0.3, -0.25) is 0 Å². The van der Waals surface area contributed by atoms with E-state index in [0.717, 1.165) is 31.6 Å². The molecule has 1 aromatic carbocycles. The van der Waals surface area contributed by atoms with Crippen molar-refractivity contribution in [3.8, 4) is 5.75 Å². The molecule has 5 nitrogen and oxygen atoms in total. The van der Waals surface area contributed by atoms with Gasteiger partial charge in [0.15, 0.2) is 0 Å². The van der Waals surface area contributed by atoms with Gasteiger partial charge in [-0.25, -0.2) is 4.79 Å². The van der Waals surface area contributed by atoms with Crippen LogP contribution in [0.25, 0.3) is 0 Å². The van der Waals surface area contributed by atoms with Gasteiger partial charge in [0.2, 0.25) is 0 Å². The number of urea groups is 1. The van der Waals surface area contributed by atoms with Crippen LogP contribution in [0.3, 0.4) is 0 Å². The number of likely N-dealkylation sites (tertiary alicyclic amines) is 1. The highest BCUT2D eigenvalue weighted by Gasteiger charge is 2.34. The van der Waals surface area contributed by atoms with Crippen LogP contribution in [0.4, 0.5) is 4.79 Å². The maximum Gasteiger partial charge on any atom is 0.317 e. The fourth-order valence-electron chi connectivity index (χ4n) is 3.54. The lowest BCUT2D eigenvalue weighted by Gasteiger charge is -2.33. The van der Waals surface area contributed by atoms with Crippen LogP contribution in [-0.2, 0) is 6.42 Å². The molecule has 3 rings (SSSR count). The Kier molecular flexibility index (Phi) is 5.61. The van der Waals surface area contributed by atoms with Crippen molar-refractivity contribution in [3.63, 3.8) is 0 Å². The van der Waals surface area contributed by atoms with Gasteiger partial charge in [0.1, 0.15) is 5.75 Å². The summed E-state index contributed by atoms with van der Waals surface area (Å²) in [5, 5.41) is 12.6. The standard InChI is InChI=1S/C19H28N2O3/c1-24-17-6-2-4-14(10-17)11-18(16-7-8-16)20-19(23)21-9-3-5-15(12-21)13-22/h2,4,6,10,15-16,18,22H,3,5,7-9,11-13H2,1H3,(H,20,23). The summed E-state index contributed by atoms with van der Waals surface area (Å²) in [4.78, 5) is 14.5. The van der Waals surface area contributed by atoms with Crippen molar-refractivity contribution < 1.29 is 14.6 Å². The average molecular weight is 332 g/mol. The summed E-state index contributed by atoms with van der Waals surface area (Å²) in [5.41, 5.74) is 1.19. The molecule has 2 fully saturated rings. The third kappa shape index (κ3) is 4.41. The lowest BCUT2D eigenvalue weighted by molar-refractivity contribution is 0.127. The minimum Gasteiger partial charge on any atom is -0.497 e. The molecule has 1 heterocycles. The SMILES string of the molecule is COc1cccc(CC(NC(=O)N2CCCC(CO)C2)C2CC2)c1. The van der Waals surface area contributed by atoms with E-state index >= 15 is 0 Å². The first-order valence-corrected chi connectivity index (χ1v) is 8.99. The Morgan fingerprint density at radius 2 is 2.25 bits per heavy atom. The molecule has 2 aliphatic rings. The number of methoxy groups -OCH3 is 1. The molecule has 2 N–H and O–H groups in total. The van der Waals surface area contributed by atoms with Gasteiger partial charge in [0.25, 0.3) is 0 Å². The lowest BCUT2D eigenvalue weighted by Crippen LogP contribution is -2.50. The van der Waals surface area contributed by atoms with E-state index in [1.807, 2.05) is 23.1 Å². The number of hydrogen-bond donors (Lipinski definition) is 2. The second-order valence-corrected chi connectivity index (χ2v) is 7.09. The van der Waals surface area contributed by atoms with Crippen LogP contribution in [0.15, 0.2) is 24.3 Å². The minimum atomic E-state index is 0.0212. The van der Waals surface area contributed by atoms with Crippen molar-refractivity contribution in [2.45, 2.75) is 38.1 Å². The molecular weight excluding hydrogens is 304 g/mol. The van der Waals surface area contributed by atoms with E-state index in [-0.39, 0.29) is 24.6 Å². The van der Waals surface area contributed by atoms with E-state index < -0.39 is 0 Å². The van der Waals surface area contributed by atoms with Gasteiger partial charge in [-0.2, -0.15) is 0 Å². The van der Waals surface area contributed by atoms with E-state index in [1.165, 1.54) is 18.4 Å². The first-order valence-electron chi connectivity index (χ1n) is 8.99. The van der Waals surface area contributed by atoms with Crippen LogP contribution in [0.1, 0.15) is 31.2 Å². The Hall–Kier alpha value is -1.75. The molecule has 0 radical (unpaired) electrons. The number of hydrogen-bond acceptors (Lipinski definition) is 3. The molecule has 0 spiro atoms. The molecule has 132 valence electrons. The van der Waals surface area contributed by atoms with Crippen molar-refractivity contribution in [3.05, 3.63) is 29.8 Å². The zero-order chi connectivity index (χ0) is 16.9. The number of nitrogens with zero attached hydrogens (tertiary/aromatic N) is 1. The summed E-state index contributed by atoms with van der Waals surface area (Å²) in [6, 6.07) is 8.27. The van der Waals surface area contributed by atoms with Gasteiger partial charge < -0.3 is 20.1 Å². The quantitative estimate of drug-likeness (QED) is 0.841. The predicted octanol–water partition coefficient (Wildman–Crippen LogP) is 2.43. The fourth-order valence-corrected chi connectivity index (χ4v) is 3.54. The lowest BCUT2D eigenvalue weighted by atomic mass is 9.99. The van der Waals surface area contributed by atoms with Gasteiger partial charge >= 0.3 is 6.03 Å². The van der Waals surface area contributed by atoms with E-state index in [9.17, 15) is 9.90 Å². The molecule has 2 amide bonds. The monoisotopic (exact) mass is 332 g/mol. The second-order valence-electron chi connectivity index (χ2n) is 7.09. The zero-order valence-corrected chi connectivity index (χ0v) is 14.4. The van der Waals surface area contributed by atoms with E-state index in [2.05, 4.69) is 11.4 Å². The third-order valence-electron chi connectivity index (χ3n) is 5.15. The summed E-state index contributed by atoms with van der Waals surface area (Å²) in [6.45, 7) is 1.62. The highest BCUT2D eigenvalue weighted by molar-refractivity contribution is 5.74. The Labute approximate surface area is 144 Å². The molecule has 2 unspecified atom stereocenters. The Morgan fingerprint density at radius 3 is 2.96 bits per heavy atom. The number of amides is 2. The number of aliphatic hydroxyl groups excluding tert-OH is 1. The molecule has 1 aliphatic carbocycles. The van der Waals surface area contributed by atoms with Crippen LogP contribution >= 0.6 is 0 Å². The highest BCUT2D eigenvalue weighted by atomic mass is 16.5. The first kappa shape index (κ1) is 17.1. The molecule has 0 aromatic heterocycles. The van der Waals surface area contributed by atoms with Crippen LogP contribution < -0.4 is 10.1 Å². The summed E-state index contributed by atoms with van der Waals surface area (Å²) in [6.07, 6.45) is 5.20. The Balaban J connectivity index is 1.60. The van der Waals surface area contributed by atoms with Gasteiger partial charge in [-0.1, -0.05) is 12.1 Å². The molecule has 0 bridgehead atoms. The number of aliphatic hydroxyl groups is 1. The molecule has 5 heteroatoms. The van der Waals surface area contributed by atoms with Gasteiger partial charge in [0.05, 0.1) is 7.11 Å². The molecular formula is C19H28N2O3. The number of nitrogens with one attached hydrogen (secondary N) is 1. The van der Waals surface area contributed by atoms with Crippen LogP contribution in [0.2, 0.25) is 0 Å². The van der Waals surface area contributed by atoms with Gasteiger partial charge in [-0.15, -0.1) is 0 Å². The minimum absolute atomic E-state index is 0.0212. The fraction of sp³-hybridized carbons (Fsp3) is 0.632. The number of carbonyl (C=O) groups is 1. The maximum absolute atomic E-state index is 12.6. The van der Waals surface area contributed by atoms with Crippen molar-refractivity contribution in [2.75, 3.05) is 26.8 Å². The van der Waals surface area contributed by atoms with Crippen LogP contribution in [-0.4, -0.2) is 48.9 Å². The van der Waals surface area contributed by atoms with Crippen LogP contribution in [0, 0.1) is 11.8 Å².